The van der Waals surface area contributed by atoms with Crippen molar-refractivity contribution in [1.82, 2.24) is 4.98 Å². The Labute approximate surface area is 121 Å². The Kier molecular flexibility index (Phi) is 4.08. The second-order valence-electron chi connectivity index (χ2n) is 4.22. The summed E-state index contributed by atoms with van der Waals surface area (Å²) < 4.78 is 28.5. The van der Waals surface area contributed by atoms with Gasteiger partial charge >= 0.3 is 0 Å². The molecular formula is C13H13N3O4S. The maximum Gasteiger partial charge on any atom is 0.219 e. The zero-order valence-corrected chi connectivity index (χ0v) is 11.9. The molecule has 2 rings (SSSR count). The van der Waals surface area contributed by atoms with Crippen molar-refractivity contribution in [3.63, 3.8) is 0 Å². The van der Waals surface area contributed by atoms with Gasteiger partial charge in [-0.25, -0.2) is 13.4 Å². The molecule has 110 valence electrons. The average molecular weight is 307 g/mol. The van der Waals surface area contributed by atoms with E-state index in [2.05, 4.69) is 10.1 Å². The lowest BCUT2D eigenvalue weighted by Gasteiger charge is -2.07. The van der Waals surface area contributed by atoms with E-state index in [4.69, 9.17) is 15.7 Å². The summed E-state index contributed by atoms with van der Waals surface area (Å²) >= 11 is 0. The molecule has 0 atom stereocenters. The van der Waals surface area contributed by atoms with E-state index < -0.39 is 9.84 Å². The lowest BCUT2D eigenvalue weighted by atomic mass is 10.2. The molecule has 1 aromatic carbocycles. The summed E-state index contributed by atoms with van der Waals surface area (Å²) in [5.41, 5.74) is 5.91. The number of nitrogens with zero attached hydrogens (tertiary/aromatic N) is 2. The molecular weight excluding hydrogens is 294 g/mol. The standard InChI is InChI=1S/C13H13N3O4S/c1-21(18,19)11-4-2-3-10(8-11)20-12-7-9(5-6-15-12)13(14)16-17/h2-8,17H,1H3,(H2,14,16). The van der Waals surface area contributed by atoms with Crippen LogP contribution in [0.1, 0.15) is 5.56 Å². The SMILES string of the molecule is CS(=O)(=O)c1cccc(Oc2cc(/C(N)=N/O)ccn2)c1. The van der Waals surface area contributed by atoms with Gasteiger partial charge in [0.1, 0.15) is 5.75 Å². The molecule has 0 fully saturated rings. The Morgan fingerprint density at radius 1 is 1.33 bits per heavy atom. The number of oxime groups is 1. The monoisotopic (exact) mass is 307 g/mol. The molecule has 21 heavy (non-hydrogen) atoms. The summed E-state index contributed by atoms with van der Waals surface area (Å²) in [4.78, 5) is 4.13. The van der Waals surface area contributed by atoms with Crippen molar-refractivity contribution in [2.45, 2.75) is 4.90 Å². The van der Waals surface area contributed by atoms with Gasteiger partial charge in [0.15, 0.2) is 15.7 Å². The van der Waals surface area contributed by atoms with Crippen molar-refractivity contribution in [2.75, 3.05) is 6.26 Å². The van der Waals surface area contributed by atoms with Gasteiger partial charge in [0.25, 0.3) is 0 Å². The summed E-state index contributed by atoms with van der Waals surface area (Å²) in [6.45, 7) is 0. The van der Waals surface area contributed by atoms with Crippen LogP contribution in [0.4, 0.5) is 0 Å². The first-order valence-corrected chi connectivity index (χ1v) is 7.71. The van der Waals surface area contributed by atoms with Gasteiger partial charge in [0.2, 0.25) is 5.88 Å². The molecule has 0 amide bonds. The van der Waals surface area contributed by atoms with Gasteiger partial charge in [-0.2, -0.15) is 0 Å². The summed E-state index contributed by atoms with van der Waals surface area (Å²) in [7, 11) is -3.32. The molecule has 0 spiro atoms. The van der Waals surface area contributed by atoms with Crippen LogP contribution in [0.5, 0.6) is 11.6 Å². The predicted molar refractivity (Wildman–Crippen MR) is 76.4 cm³/mol. The van der Waals surface area contributed by atoms with Crippen molar-refractivity contribution < 1.29 is 18.4 Å². The quantitative estimate of drug-likeness (QED) is 0.381. The van der Waals surface area contributed by atoms with Crippen LogP contribution in [0.15, 0.2) is 52.6 Å². The normalized spacial score (nSPS) is 12.1. The second-order valence-corrected chi connectivity index (χ2v) is 6.23. The maximum absolute atomic E-state index is 11.5. The minimum Gasteiger partial charge on any atom is -0.439 e. The molecule has 1 heterocycles. The van der Waals surface area contributed by atoms with E-state index in [1.807, 2.05) is 0 Å². The Morgan fingerprint density at radius 2 is 2.10 bits per heavy atom. The van der Waals surface area contributed by atoms with Gasteiger partial charge in [0.05, 0.1) is 4.90 Å². The van der Waals surface area contributed by atoms with Gasteiger partial charge in [0, 0.05) is 24.1 Å². The number of nitrogens with two attached hydrogens (primary N) is 1. The van der Waals surface area contributed by atoms with Gasteiger partial charge in [-0.3, -0.25) is 0 Å². The molecule has 1 aromatic heterocycles. The van der Waals surface area contributed by atoms with Gasteiger partial charge < -0.3 is 15.7 Å². The van der Waals surface area contributed by atoms with Crippen LogP contribution in [-0.2, 0) is 9.84 Å². The highest BCUT2D eigenvalue weighted by molar-refractivity contribution is 7.90. The van der Waals surface area contributed by atoms with Crippen molar-refractivity contribution in [3.8, 4) is 11.6 Å². The highest BCUT2D eigenvalue weighted by Crippen LogP contribution is 2.23. The van der Waals surface area contributed by atoms with Crippen molar-refractivity contribution in [3.05, 3.63) is 48.2 Å². The number of pyridine rings is 1. The molecule has 0 aliphatic heterocycles. The topological polar surface area (TPSA) is 115 Å². The van der Waals surface area contributed by atoms with E-state index in [9.17, 15) is 8.42 Å². The molecule has 0 saturated heterocycles. The predicted octanol–water partition coefficient (Wildman–Crippen LogP) is 1.37. The molecule has 0 aliphatic carbocycles. The van der Waals surface area contributed by atoms with E-state index in [-0.39, 0.29) is 16.6 Å². The first-order valence-electron chi connectivity index (χ1n) is 5.82. The Balaban J connectivity index is 2.31. The van der Waals surface area contributed by atoms with Crippen LogP contribution in [0.3, 0.4) is 0 Å². The van der Waals surface area contributed by atoms with E-state index in [1.54, 1.807) is 18.2 Å². The van der Waals surface area contributed by atoms with Gasteiger partial charge in [-0.1, -0.05) is 11.2 Å². The molecule has 0 unspecified atom stereocenters. The average Bonchev–Trinajstić information content (AvgIpc) is 2.46. The summed E-state index contributed by atoms with van der Waals surface area (Å²) in [5.74, 6) is 0.443. The number of aromatic nitrogens is 1. The summed E-state index contributed by atoms with van der Waals surface area (Å²) in [6.07, 6.45) is 2.55. The molecule has 0 saturated carbocycles. The second kappa shape index (κ2) is 5.80. The Bertz CT molecular complexity index is 788. The van der Waals surface area contributed by atoms with Crippen LogP contribution in [0, 0.1) is 0 Å². The number of sulfone groups is 1. The largest absolute Gasteiger partial charge is 0.439 e. The number of hydrogen-bond donors (Lipinski definition) is 2. The highest BCUT2D eigenvalue weighted by atomic mass is 32.2. The van der Waals surface area contributed by atoms with Crippen molar-refractivity contribution in [1.29, 1.82) is 0 Å². The minimum atomic E-state index is -3.32. The van der Waals surface area contributed by atoms with E-state index >= 15 is 0 Å². The molecule has 2 aromatic rings. The zero-order valence-electron chi connectivity index (χ0n) is 11.1. The zero-order chi connectivity index (χ0) is 15.5. The van der Waals surface area contributed by atoms with Gasteiger partial charge in [-0.05, 0) is 24.3 Å². The fourth-order valence-electron chi connectivity index (χ4n) is 1.57. The molecule has 0 bridgehead atoms. The molecule has 7 nitrogen and oxygen atoms in total. The lowest BCUT2D eigenvalue weighted by molar-refractivity contribution is 0.318. The van der Waals surface area contributed by atoms with Crippen LogP contribution < -0.4 is 10.5 Å². The van der Waals surface area contributed by atoms with Gasteiger partial charge in [-0.15, -0.1) is 0 Å². The van der Waals surface area contributed by atoms with Crippen molar-refractivity contribution >= 4 is 15.7 Å². The molecule has 3 N–H and O–H groups in total. The molecule has 0 aliphatic rings. The lowest BCUT2D eigenvalue weighted by Crippen LogP contribution is -2.13. The third kappa shape index (κ3) is 3.69. The molecule has 0 radical (unpaired) electrons. The number of ether oxygens (including phenoxy) is 1. The smallest absolute Gasteiger partial charge is 0.219 e. The van der Waals surface area contributed by atoms with Crippen LogP contribution in [0.25, 0.3) is 0 Å². The fourth-order valence-corrected chi connectivity index (χ4v) is 2.23. The highest BCUT2D eigenvalue weighted by Gasteiger charge is 2.09. The molecule has 8 heteroatoms. The number of benzene rings is 1. The Morgan fingerprint density at radius 3 is 2.76 bits per heavy atom. The van der Waals surface area contributed by atoms with E-state index in [1.165, 1.54) is 24.4 Å². The minimum absolute atomic E-state index is 0.0767. The van der Waals surface area contributed by atoms with Crippen LogP contribution in [0.2, 0.25) is 0 Å². The van der Waals surface area contributed by atoms with E-state index in [0.29, 0.717) is 11.3 Å². The van der Waals surface area contributed by atoms with Crippen LogP contribution in [-0.4, -0.2) is 30.7 Å². The summed E-state index contributed by atoms with van der Waals surface area (Å²) in [5, 5.41) is 11.5. The third-order valence-corrected chi connectivity index (χ3v) is 3.70. The third-order valence-electron chi connectivity index (χ3n) is 2.59. The Hall–Kier alpha value is -2.61. The number of amidine groups is 1. The van der Waals surface area contributed by atoms with Crippen LogP contribution >= 0.6 is 0 Å². The van der Waals surface area contributed by atoms with E-state index in [0.717, 1.165) is 6.26 Å². The maximum atomic E-state index is 11.5. The first kappa shape index (κ1) is 14.8. The first-order chi connectivity index (χ1) is 9.90. The fraction of sp³-hybridized carbons (Fsp3) is 0.0769. The number of rotatable bonds is 4. The van der Waals surface area contributed by atoms with Crippen molar-refractivity contribution in [2.24, 2.45) is 10.9 Å². The number of hydrogen-bond acceptors (Lipinski definition) is 6. The summed E-state index contributed by atoms with van der Waals surface area (Å²) in [6, 6.07) is 9.07.